The first kappa shape index (κ1) is 22.6. The maximum absolute atomic E-state index is 10.5. The Labute approximate surface area is 155 Å². The summed E-state index contributed by atoms with van der Waals surface area (Å²) >= 11 is 0. The van der Waals surface area contributed by atoms with Crippen LogP contribution in [0, 0.1) is 22.2 Å². The van der Waals surface area contributed by atoms with Crippen LogP contribution >= 0.6 is 0 Å². The van der Waals surface area contributed by atoms with E-state index >= 15 is 0 Å². The Bertz CT molecular complexity index is 431. The van der Waals surface area contributed by atoms with Crippen molar-refractivity contribution in [1.29, 1.82) is 0 Å². The molecule has 0 aliphatic carbocycles. The second kappa shape index (κ2) is 8.96. The summed E-state index contributed by atoms with van der Waals surface area (Å²) < 4.78 is 10.9. The van der Waals surface area contributed by atoms with E-state index in [-0.39, 0.29) is 16.2 Å². The lowest BCUT2D eigenvalue weighted by molar-refractivity contribution is -0.207. The number of aliphatic imine (C=N–C) groups is 1. The van der Waals surface area contributed by atoms with Gasteiger partial charge in [0.1, 0.15) is 0 Å². The summed E-state index contributed by atoms with van der Waals surface area (Å²) in [6.07, 6.45) is 3.02. The second-order valence-corrected chi connectivity index (χ2v) is 9.99. The summed E-state index contributed by atoms with van der Waals surface area (Å²) in [5.74, 6) is 0.347. The molecule has 0 aromatic rings. The van der Waals surface area contributed by atoms with Crippen molar-refractivity contribution >= 4 is 5.71 Å². The molecular weight excluding hydrogens is 314 g/mol. The molecule has 0 aromatic heterocycles. The molecule has 25 heavy (non-hydrogen) atoms. The minimum atomic E-state index is -0.728. The molecule has 4 heteroatoms. The fourth-order valence-electron chi connectivity index (χ4n) is 4.24. The lowest BCUT2D eigenvalue weighted by Crippen LogP contribution is -2.47. The van der Waals surface area contributed by atoms with Crippen molar-refractivity contribution in [3.05, 3.63) is 0 Å². The number of aliphatic hydroxyl groups excluding tert-OH is 1. The molecule has 1 heterocycles. The highest BCUT2D eigenvalue weighted by molar-refractivity contribution is 5.82. The molecule has 4 nitrogen and oxygen atoms in total. The lowest BCUT2D eigenvalue weighted by atomic mass is 9.65. The normalized spacial score (nSPS) is 21.9. The zero-order valence-corrected chi connectivity index (χ0v) is 17.8. The third kappa shape index (κ3) is 6.99. The molecular formula is C21H41NO3. The Hall–Kier alpha value is -0.450. The van der Waals surface area contributed by atoms with E-state index in [2.05, 4.69) is 48.5 Å². The lowest BCUT2D eigenvalue weighted by Gasteiger charge is -2.46. The Balaban J connectivity index is 2.77. The predicted octanol–water partition coefficient (Wildman–Crippen LogP) is 4.70. The quantitative estimate of drug-likeness (QED) is 0.507. The van der Waals surface area contributed by atoms with Gasteiger partial charge in [-0.05, 0) is 49.4 Å². The molecule has 1 aliphatic rings. The summed E-state index contributed by atoms with van der Waals surface area (Å²) in [7, 11) is 1.60. The van der Waals surface area contributed by atoms with Crippen molar-refractivity contribution < 1.29 is 14.6 Å². The number of ether oxygens (including phenoxy) is 2. The smallest absolute Gasteiger partial charge is 0.160 e. The molecule has 0 saturated carbocycles. The summed E-state index contributed by atoms with van der Waals surface area (Å²) in [5.41, 5.74) is 1.39. The van der Waals surface area contributed by atoms with Gasteiger partial charge < -0.3 is 14.6 Å². The molecule has 1 aliphatic heterocycles. The zero-order valence-electron chi connectivity index (χ0n) is 17.8. The highest BCUT2D eigenvalue weighted by Crippen LogP contribution is 2.46. The van der Waals surface area contributed by atoms with E-state index in [4.69, 9.17) is 14.5 Å². The fourth-order valence-corrected chi connectivity index (χ4v) is 4.24. The number of nitrogens with zero attached hydrogens (tertiary/aromatic N) is 1. The van der Waals surface area contributed by atoms with Crippen LogP contribution in [0.5, 0.6) is 0 Å². The Morgan fingerprint density at radius 3 is 2.24 bits per heavy atom. The van der Waals surface area contributed by atoms with Crippen molar-refractivity contribution in [2.45, 2.75) is 80.4 Å². The van der Waals surface area contributed by atoms with E-state index < -0.39 is 6.29 Å². The second-order valence-electron chi connectivity index (χ2n) is 9.99. The Kier molecular flexibility index (Phi) is 8.10. The first-order valence-electron chi connectivity index (χ1n) is 9.70. The first-order valence-corrected chi connectivity index (χ1v) is 9.70. The molecule has 0 spiro atoms. The van der Waals surface area contributed by atoms with Crippen molar-refractivity contribution in [2.24, 2.45) is 27.2 Å². The standard InChI is InChI=1S/C21H41NO3/c1-16(21(18(23)24-8)9-11-25-12-10-21)13-20(6,7)15-22-17(2)14-19(3,4)5/h16,18,23H,9-15H2,1-8H3. The maximum atomic E-state index is 10.5. The van der Waals surface area contributed by atoms with Crippen LogP contribution < -0.4 is 0 Å². The largest absolute Gasteiger partial charge is 0.381 e. The van der Waals surface area contributed by atoms with Gasteiger partial charge in [0.25, 0.3) is 0 Å². The topological polar surface area (TPSA) is 51.0 Å². The highest BCUT2D eigenvalue weighted by Gasteiger charge is 2.45. The number of hydrogen-bond donors (Lipinski definition) is 1. The molecule has 0 amide bonds. The highest BCUT2D eigenvalue weighted by atomic mass is 16.6. The minimum absolute atomic E-state index is 0.0946. The van der Waals surface area contributed by atoms with E-state index in [1.807, 2.05) is 0 Å². The van der Waals surface area contributed by atoms with Crippen LogP contribution in [0.4, 0.5) is 0 Å². The molecule has 1 rings (SSSR count). The number of rotatable bonds is 8. The van der Waals surface area contributed by atoms with Crippen molar-refractivity contribution in [1.82, 2.24) is 0 Å². The minimum Gasteiger partial charge on any atom is -0.381 e. The van der Waals surface area contributed by atoms with Gasteiger partial charge in [-0.1, -0.05) is 41.5 Å². The molecule has 2 unspecified atom stereocenters. The fraction of sp³-hybridized carbons (Fsp3) is 0.952. The van der Waals surface area contributed by atoms with E-state index in [0.29, 0.717) is 19.1 Å². The van der Waals surface area contributed by atoms with Gasteiger partial charge in [-0.25, -0.2) is 0 Å². The van der Waals surface area contributed by atoms with Crippen molar-refractivity contribution in [3.8, 4) is 0 Å². The summed E-state index contributed by atoms with van der Waals surface area (Å²) in [6.45, 7) is 17.9. The summed E-state index contributed by atoms with van der Waals surface area (Å²) in [6, 6.07) is 0. The van der Waals surface area contributed by atoms with E-state index in [9.17, 15) is 5.11 Å². The first-order chi connectivity index (χ1) is 11.4. The van der Waals surface area contributed by atoms with Crippen molar-refractivity contribution in [2.75, 3.05) is 26.9 Å². The SMILES string of the molecule is COC(O)C1(C(C)CC(C)(C)CN=C(C)CC(C)(C)C)CCOCC1. The molecule has 148 valence electrons. The zero-order chi connectivity index (χ0) is 19.3. The number of methoxy groups -OCH3 is 1. The molecule has 0 radical (unpaired) electrons. The summed E-state index contributed by atoms with van der Waals surface area (Å²) in [4.78, 5) is 4.87. The molecule has 1 fully saturated rings. The van der Waals surface area contributed by atoms with Gasteiger partial charge in [0, 0.05) is 38.0 Å². The van der Waals surface area contributed by atoms with Crippen LogP contribution in [-0.4, -0.2) is 44.0 Å². The van der Waals surface area contributed by atoms with E-state index in [0.717, 1.165) is 32.2 Å². The van der Waals surface area contributed by atoms with Gasteiger partial charge in [-0.15, -0.1) is 0 Å². The Morgan fingerprint density at radius 2 is 1.76 bits per heavy atom. The predicted molar refractivity (Wildman–Crippen MR) is 105 cm³/mol. The van der Waals surface area contributed by atoms with Gasteiger partial charge in [0.05, 0.1) is 0 Å². The monoisotopic (exact) mass is 355 g/mol. The third-order valence-corrected chi connectivity index (χ3v) is 5.54. The number of aliphatic hydroxyl groups is 1. The van der Waals surface area contributed by atoms with Gasteiger partial charge >= 0.3 is 0 Å². The van der Waals surface area contributed by atoms with Crippen LogP contribution in [0.1, 0.15) is 74.1 Å². The van der Waals surface area contributed by atoms with Crippen LogP contribution in [-0.2, 0) is 9.47 Å². The third-order valence-electron chi connectivity index (χ3n) is 5.54. The van der Waals surface area contributed by atoms with Crippen LogP contribution in [0.3, 0.4) is 0 Å². The van der Waals surface area contributed by atoms with E-state index in [1.54, 1.807) is 7.11 Å². The molecule has 0 aromatic carbocycles. The Morgan fingerprint density at radius 1 is 1.20 bits per heavy atom. The van der Waals surface area contributed by atoms with Crippen LogP contribution in [0.2, 0.25) is 0 Å². The van der Waals surface area contributed by atoms with Crippen molar-refractivity contribution in [3.63, 3.8) is 0 Å². The average molecular weight is 356 g/mol. The molecule has 1 N–H and O–H groups in total. The number of hydrogen-bond acceptors (Lipinski definition) is 4. The average Bonchev–Trinajstić information content (AvgIpc) is 2.51. The maximum Gasteiger partial charge on any atom is 0.160 e. The van der Waals surface area contributed by atoms with E-state index in [1.165, 1.54) is 5.71 Å². The van der Waals surface area contributed by atoms with Gasteiger partial charge in [-0.3, -0.25) is 4.99 Å². The molecule has 0 bridgehead atoms. The van der Waals surface area contributed by atoms with Gasteiger partial charge in [-0.2, -0.15) is 0 Å². The van der Waals surface area contributed by atoms with Gasteiger partial charge in [0.15, 0.2) is 6.29 Å². The van der Waals surface area contributed by atoms with Gasteiger partial charge in [0.2, 0.25) is 0 Å². The molecule has 2 atom stereocenters. The molecule has 1 saturated heterocycles. The van der Waals surface area contributed by atoms with Crippen LogP contribution in [0.15, 0.2) is 4.99 Å². The van der Waals surface area contributed by atoms with Crippen LogP contribution in [0.25, 0.3) is 0 Å². The summed E-state index contributed by atoms with van der Waals surface area (Å²) in [5, 5.41) is 10.5.